The molecule has 3 saturated heterocycles. The first-order valence-electron chi connectivity index (χ1n) is 14.6. The molecule has 1 N–H and O–H groups in total. The van der Waals surface area contributed by atoms with Gasteiger partial charge >= 0.3 is 5.97 Å². The number of carbonyl (C=O) groups excluding carboxylic acids is 3. The maximum Gasteiger partial charge on any atom is 0.316 e. The molecule has 7 nitrogen and oxygen atoms in total. The van der Waals surface area contributed by atoms with E-state index >= 15 is 0 Å². The standard InChI is InChI=1S/C32H39ClN2O5/c1-39-28-19-26(27(33)18-24(28)21-36)30(37)34-14-6-8-22-7-5-9-25(17-22)32(12-3-2-4-13-32)31(38)40-29-20-35-15-10-23(29)11-16-35/h5,7,9,17-19,21,23,29H,2-4,6,8,10-16,20H2,1H3,(H,34,37)/t29-/m0/s1. The second-order valence-corrected chi connectivity index (χ2v) is 11.9. The third-order valence-electron chi connectivity index (χ3n) is 9.05. The zero-order chi connectivity index (χ0) is 28.1. The molecule has 0 unspecified atom stereocenters. The molecule has 2 bridgehead atoms. The molecule has 1 saturated carbocycles. The summed E-state index contributed by atoms with van der Waals surface area (Å²) >= 11 is 6.23. The number of carbonyl (C=O) groups is 3. The SMILES string of the molecule is COc1cc(C(=O)NCCCc2cccc(C3(C(=O)O[C@H]4CN5CCC4CC5)CCCCC3)c2)c(Cl)cc1C=O. The molecule has 40 heavy (non-hydrogen) atoms. The van der Waals surface area contributed by atoms with Gasteiger partial charge in [0.15, 0.2) is 6.29 Å². The van der Waals surface area contributed by atoms with Crippen molar-refractivity contribution in [2.75, 3.05) is 33.3 Å². The lowest BCUT2D eigenvalue weighted by atomic mass is 9.69. The van der Waals surface area contributed by atoms with Crippen LogP contribution in [0.4, 0.5) is 0 Å². The summed E-state index contributed by atoms with van der Waals surface area (Å²) in [7, 11) is 1.45. The highest BCUT2D eigenvalue weighted by Crippen LogP contribution is 2.42. The summed E-state index contributed by atoms with van der Waals surface area (Å²) in [6.07, 6.45) is 9.30. The molecule has 1 aliphatic carbocycles. The van der Waals surface area contributed by atoms with Crippen LogP contribution in [-0.2, 0) is 21.4 Å². The number of amides is 1. The number of methoxy groups -OCH3 is 1. The molecule has 214 valence electrons. The van der Waals surface area contributed by atoms with E-state index in [9.17, 15) is 14.4 Å². The summed E-state index contributed by atoms with van der Waals surface area (Å²) in [6.45, 7) is 3.58. The number of benzene rings is 2. The number of rotatable bonds is 10. The molecule has 1 amide bonds. The van der Waals surface area contributed by atoms with Crippen LogP contribution in [0.3, 0.4) is 0 Å². The quantitative estimate of drug-likeness (QED) is 0.237. The van der Waals surface area contributed by atoms with Gasteiger partial charge in [0.25, 0.3) is 5.91 Å². The lowest BCUT2D eigenvalue weighted by molar-refractivity contribution is -0.167. The second kappa shape index (κ2) is 12.7. The number of hydrogen-bond acceptors (Lipinski definition) is 6. The fraction of sp³-hybridized carbons (Fsp3) is 0.531. The summed E-state index contributed by atoms with van der Waals surface area (Å²) in [6, 6.07) is 11.3. The van der Waals surface area contributed by atoms with Crippen molar-refractivity contribution in [2.45, 2.75) is 69.3 Å². The Morgan fingerprint density at radius 2 is 1.90 bits per heavy atom. The number of nitrogens with one attached hydrogen (secondary N) is 1. The predicted molar refractivity (Wildman–Crippen MR) is 154 cm³/mol. The van der Waals surface area contributed by atoms with Crippen LogP contribution in [0.5, 0.6) is 5.75 Å². The second-order valence-electron chi connectivity index (χ2n) is 11.5. The third kappa shape index (κ3) is 6.06. The molecular formula is C32H39ClN2O5. The fourth-order valence-electron chi connectivity index (χ4n) is 6.69. The Morgan fingerprint density at radius 3 is 2.58 bits per heavy atom. The highest BCUT2D eigenvalue weighted by Gasteiger charge is 2.45. The van der Waals surface area contributed by atoms with Crippen LogP contribution in [0, 0.1) is 5.92 Å². The number of hydrogen-bond donors (Lipinski definition) is 1. The Kier molecular flexibility index (Phi) is 9.11. The van der Waals surface area contributed by atoms with Crippen molar-refractivity contribution in [3.05, 3.63) is 63.7 Å². The molecule has 4 fully saturated rings. The van der Waals surface area contributed by atoms with Crippen molar-refractivity contribution in [1.82, 2.24) is 10.2 Å². The monoisotopic (exact) mass is 566 g/mol. The molecular weight excluding hydrogens is 528 g/mol. The minimum atomic E-state index is -0.571. The number of esters is 1. The van der Waals surface area contributed by atoms with Gasteiger partial charge in [-0.05, 0) is 80.8 Å². The average Bonchev–Trinajstić information content (AvgIpc) is 3.00. The van der Waals surface area contributed by atoms with Gasteiger partial charge in [-0.15, -0.1) is 0 Å². The van der Waals surface area contributed by atoms with E-state index in [0.717, 1.165) is 88.5 Å². The largest absolute Gasteiger partial charge is 0.496 e. The summed E-state index contributed by atoms with van der Waals surface area (Å²) < 4.78 is 11.5. The first-order chi connectivity index (χ1) is 19.4. The number of halogens is 1. The zero-order valence-electron chi connectivity index (χ0n) is 23.3. The maximum atomic E-state index is 13.8. The van der Waals surface area contributed by atoms with Crippen LogP contribution in [0.25, 0.3) is 0 Å². The highest BCUT2D eigenvalue weighted by atomic mass is 35.5. The number of nitrogens with zero attached hydrogens (tertiary/aromatic N) is 1. The number of piperidine rings is 3. The lowest BCUT2D eigenvalue weighted by Gasteiger charge is -2.45. The molecule has 2 aromatic carbocycles. The molecule has 0 spiro atoms. The van der Waals surface area contributed by atoms with Gasteiger partial charge in [0.2, 0.25) is 0 Å². The van der Waals surface area contributed by atoms with E-state index in [2.05, 4.69) is 28.4 Å². The van der Waals surface area contributed by atoms with Gasteiger partial charge in [0.05, 0.1) is 28.7 Å². The number of ether oxygens (including phenoxy) is 2. The summed E-state index contributed by atoms with van der Waals surface area (Å²) in [5.41, 5.74) is 2.20. The van der Waals surface area contributed by atoms with Crippen LogP contribution in [-0.4, -0.2) is 62.5 Å². The summed E-state index contributed by atoms with van der Waals surface area (Å²) in [5, 5.41) is 3.12. The van der Waals surface area contributed by atoms with E-state index in [0.29, 0.717) is 30.1 Å². The van der Waals surface area contributed by atoms with E-state index in [4.69, 9.17) is 21.1 Å². The Hall–Kier alpha value is -2.90. The zero-order valence-corrected chi connectivity index (χ0v) is 24.0. The van der Waals surface area contributed by atoms with Crippen molar-refractivity contribution in [2.24, 2.45) is 5.92 Å². The van der Waals surface area contributed by atoms with Crippen molar-refractivity contribution in [3.63, 3.8) is 0 Å². The van der Waals surface area contributed by atoms with Gasteiger partial charge in [0, 0.05) is 13.1 Å². The van der Waals surface area contributed by atoms with Crippen LogP contribution in [0.1, 0.15) is 83.2 Å². The van der Waals surface area contributed by atoms with Crippen molar-refractivity contribution in [1.29, 1.82) is 0 Å². The van der Waals surface area contributed by atoms with Crippen LogP contribution < -0.4 is 10.1 Å². The topological polar surface area (TPSA) is 84.9 Å². The van der Waals surface area contributed by atoms with Crippen LogP contribution in [0.2, 0.25) is 5.02 Å². The molecule has 6 rings (SSSR count). The first kappa shape index (κ1) is 28.6. The Balaban J connectivity index is 1.21. The third-order valence-corrected chi connectivity index (χ3v) is 9.36. The summed E-state index contributed by atoms with van der Waals surface area (Å²) in [5.74, 6) is 0.453. The molecule has 0 aromatic heterocycles. The Bertz CT molecular complexity index is 1230. The minimum absolute atomic E-state index is 0.0173. The van der Waals surface area contributed by atoms with E-state index in [-0.39, 0.29) is 28.6 Å². The molecule has 0 radical (unpaired) electrons. The van der Waals surface area contributed by atoms with Crippen LogP contribution in [0.15, 0.2) is 36.4 Å². The van der Waals surface area contributed by atoms with E-state index in [1.807, 2.05) is 6.07 Å². The summed E-state index contributed by atoms with van der Waals surface area (Å²) in [4.78, 5) is 40.2. The molecule has 4 aliphatic rings. The fourth-order valence-corrected chi connectivity index (χ4v) is 6.94. The van der Waals surface area contributed by atoms with Gasteiger partial charge in [-0.25, -0.2) is 0 Å². The molecule has 1 atom stereocenters. The highest BCUT2D eigenvalue weighted by molar-refractivity contribution is 6.34. The molecule has 2 aromatic rings. The van der Waals surface area contributed by atoms with E-state index in [1.165, 1.54) is 19.2 Å². The predicted octanol–water partition coefficient (Wildman–Crippen LogP) is 5.36. The van der Waals surface area contributed by atoms with Gasteiger partial charge in [0.1, 0.15) is 11.9 Å². The maximum absolute atomic E-state index is 13.8. The van der Waals surface area contributed by atoms with Crippen molar-refractivity contribution >= 4 is 29.8 Å². The first-order valence-corrected chi connectivity index (χ1v) is 14.9. The normalized spacial score (nSPS) is 23.3. The number of aryl methyl sites for hydroxylation is 1. The lowest BCUT2D eigenvalue weighted by Crippen LogP contribution is -2.53. The number of fused-ring (bicyclic) bond motifs is 3. The average molecular weight is 567 g/mol. The van der Waals surface area contributed by atoms with Crippen molar-refractivity contribution < 1.29 is 23.9 Å². The van der Waals surface area contributed by atoms with Crippen molar-refractivity contribution in [3.8, 4) is 5.75 Å². The Labute approximate surface area is 241 Å². The Morgan fingerprint density at radius 1 is 1.12 bits per heavy atom. The van der Waals surface area contributed by atoms with Gasteiger partial charge in [-0.1, -0.05) is 55.1 Å². The smallest absolute Gasteiger partial charge is 0.316 e. The van der Waals surface area contributed by atoms with Crippen LogP contribution >= 0.6 is 11.6 Å². The van der Waals surface area contributed by atoms with E-state index < -0.39 is 5.41 Å². The molecule has 3 heterocycles. The van der Waals surface area contributed by atoms with Gasteiger partial charge in [-0.2, -0.15) is 0 Å². The minimum Gasteiger partial charge on any atom is -0.496 e. The molecule has 3 aliphatic heterocycles. The molecule has 8 heteroatoms. The van der Waals surface area contributed by atoms with Gasteiger partial charge < -0.3 is 14.8 Å². The number of aldehydes is 1. The van der Waals surface area contributed by atoms with Gasteiger partial charge in [-0.3, -0.25) is 19.3 Å². The van der Waals surface area contributed by atoms with E-state index in [1.54, 1.807) is 0 Å².